The molecule has 2 heterocycles. The van der Waals surface area contributed by atoms with Crippen LogP contribution in [0.5, 0.6) is 5.75 Å². The second-order valence-corrected chi connectivity index (χ2v) is 11.1. The molecule has 0 saturated heterocycles. The third-order valence-corrected chi connectivity index (χ3v) is 7.85. The number of hydrogen-bond donors (Lipinski definition) is 3. The number of likely N-dealkylation sites (N-methyl/N-ethyl adjacent to an activating group) is 1. The number of aromatic nitrogens is 1. The van der Waals surface area contributed by atoms with E-state index < -0.39 is 6.10 Å². The maximum atomic E-state index is 13.4. The van der Waals surface area contributed by atoms with E-state index in [4.69, 9.17) is 4.74 Å². The third-order valence-electron chi connectivity index (χ3n) is 7.85. The van der Waals surface area contributed by atoms with Crippen LogP contribution >= 0.6 is 0 Å². The van der Waals surface area contributed by atoms with Crippen LogP contribution in [-0.4, -0.2) is 82.7 Å². The van der Waals surface area contributed by atoms with Gasteiger partial charge in [-0.1, -0.05) is 26.2 Å². The van der Waals surface area contributed by atoms with Crippen LogP contribution in [0.1, 0.15) is 61.9 Å². The summed E-state index contributed by atoms with van der Waals surface area (Å²) in [6, 6.07) is 8.20. The van der Waals surface area contributed by atoms with E-state index in [9.17, 15) is 19.5 Å². The number of nitrogens with zero attached hydrogens (tertiary/aromatic N) is 3. The van der Waals surface area contributed by atoms with Crippen molar-refractivity contribution >= 4 is 23.5 Å². The van der Waals surface area contributed by atoms with E-state index in [-0.39, 0.29) is 48.9 Å². The molecule has 0 unspecified atom stereocenters. The Balaban J connectivity index is 1.56. The zero-order valence-corrected chi connectivity index (χ0v) is 23.6. The van der Waals surface area contributed by atoms with Gasteiger partial charge >= 0.3 is 6.03 Å². The first kappa shape index (κ1) is 29.3. The third kappa shape index (κ3) is 7.50. The quantitative estimate of drug-likeness (QED) is 0.484. The van der Waals surface area contributed by atoms with Crippen LogP contribution in [0.3, 0.4) is 0 Å². The molecule has 1 aliphatic heterocycles. The summed E-state index contributed by atoms with van der Waals surface area (Å²) in [7, 11) is 1.76. The molecule has 2 aromatic rings. The summed E-state index contributed by atoms with van der Waals surface area (Å²) in [5.41, 5.74) is 1.63. The van der Waals surface area contributed by atoms with Crippen LogP contribution in [0, 0.1) is 5.92 Å². The van der Waals surface area contributed by atoms with E-state index in [2.05, 4.69) is 15.6 Å². The average molecular weight is 552 g/mol. The number of aliphatic hydroxyl groups excluding tert-OH is 1. The molecule has 10 heteroatoms. The van der Waals surface area contributed by atoms with Gasteiger partial charge in [-0.05, 0) is 50.1 Å². The van der Waals surface area contributed by atoms with E-state index in [1.165, 1.54) is 6.42 Å². The minimum atomic E-state index is -0.405. The summed E-state index contributed by atoms with van der Waals surface area (Å²) in [5.74, 6) is -0.0169. The van der Waals surface area contributed by atoms with Gasteiger partial charge in [-0.2, -0.15) is 0 Å². The molecule has 4 rings (SSSR count). The van der Waals surface area contributed by atoms with Crippen molar-refractivity contribution in [1.82, 2.24) is 20.1 Å². The molecule has 1 aromatic carbocycles. The summed E-state index contributed by atoms with van der Waals surface area (Å²) in [6.45, 7) is 4.35. The Kier molecular flexibility index (Phi) is 9.98. The van der Waals surface area contributed by atoms with Crippen molar-refractivity contribution in [3.8, 4) is 5.75 Å². The van der Waals surface area contributed by atoms with E-state index in [1.807, 2.05) is 13.8 Å². The number of hydrogen-bond acceptors (Lipinski definition) is 6. The number of pyridine rings is 1. The zero-order chi connectivity index (χ0) is 28.6. The van der Waals surface area contributed by atoms with Crippen LogP contribution in [0.15, 0.2) is 42.7 Å². The lowest BCUT2D eigenvalue weighted by atomic mass is 9.96. The van der Waals surface area contributed by atoms with Crippen molar-refractivity contribution in [2.45, 2.75) is 70.6 Å². The van der Waals surface area contributed by atoms with Crippen molar-refractivity contribution in [1.29, 1.82) is 0 Å². The van der Waals surface area contributed by atoms with Gasteiger partial charge in [0.15, 0.2) is 0 Å². The lowest BCUT2D eigenvalue weighted by molar-refractivity contribution is -0.134. The molecule has 3 N–H and O–H groups in total. The lowest BCUT2D eigenvalue weighted by Gasteiger charge is -2.34. The van der Waals surface area contributed by atoms with E-state index in [1.54, 1.807) is 59.6 Å². The van der Waals surface area contributed by atoms with Crippen LogP contribution < -0.4 is 15.4 Å². The normalized spacial score (nSPS) is 20.7. The summed E-state index contributed by atoms with van der Waals surface area (Å²) in [6.07, 6.45) is 8.22. The first-order chi connectivity index (χ1) is 19.2. The predicted molar refractivity (Wildman–Crippen MR) is 152 cm³/mol. The SMILES string of the molecule is C[C@H]1CN([C@@H](C)CO)C(=O)Cc2cc(NC(=O)c3ccncc3)ccc2O[C@@H]1CN(C)C(=O)NC1CCCCC1. The highest BCUT2D eigenvalue weighted by atomic mass is 16.5. The number of ether oxygens (including phenoxy) is 1. The number of urea groups is 1. The molecular weight excluding hydrogens is 510 g/mol. The van der Waals surface area contributed by atoms with E-state index in [0.29, 0.717) is 35.7 Å². The van der Waals surface area contributed by atoms with Gasteiger partial charge in [0, 0.05) is 54.8 Å². The molecule has 0 bridgehead atoms. The molecule has 4 amide bonds. The minimum absolute atomic E-state index is 0.0517. The molecule has 0 spiro atoms. The predicted octanol–water partition coefficient (Wildman–Crippen LogP) is 3.46. The van der Waals surface area contributed by atoms with Crippen molar-refractivity contribution in [2.75, 3.05) is 32.1 Å². The standard InChI is InChI=1S/C30H41N5O5/c1-20-17-35(21(2)19-36)28(37)16-23-15-25(32-29(38)22-11-13-31-14-12-22)9-10-26(23)40-27(20)18-34(3)30(39)33-24-7-5-4-6-8-24/h9-15,20-21,24,27,36H,4-8,16-19H2,1-3H3,(H,32,38)(H,33,39)/t20-,21-,27+/m0/s1. The number of anilines is 1. The van der Waals surface area contributed by atoms with Gasteiger partial charge in [0.1, 0.15) is 11.9 Å². The fourth-order valence-corrected chi connectivity index (χ4v) is 5.32. The number of rotatable bonds is 7. The van der Waals surface area contributed by atoms with Crippen LogP contribution in [-0.2, 0) is 11.2 Å². The number of nitrogens with one attached hydrogen (secondary N) is 2. The van der Waals surface area contributed by atoms with Crippen molar-refractivity contribution in [2.24, 2.45) is 5.92 Å². The molecular formula is C30H41N5O5. The number of fused-ring (bicyclic) bond motifs is 1. The molecule has 40 heavy (non-hydrogen) atoms. The highest BCUT2D eigenvalue weighted by Gasteiger charge is 2.32. The van der Waals surface area contributed by atoms with Crippen LogP contribution in [0.4, 0.5) is 10.5 Å². The highest BCUT2D eigenvalue weighted by molar-refractivity contribution is 6.04. The Morgan fingerprint density at radius 3 is 2.60 bits per heavy atom. The molecule has 2 aliphatic rings. The van der Waals surface area contributed by atoms with Crippen molar-refractivity contribution < 1.29 is 24.2 Å². The molecule has 1 saturated carbocycles. The maximum absolute atomic E-state index is 13.4. The van der Waals surface area contributed by atoms with Gasteiger partial charge in [-0.25, -0.2) is 4.79 Å². The Morgan fingerprint density at radius 2 is 1.90 bits per heavy atom. The van der Waals surface area contributed by atoms with Gasteiger partial charge in [-0.3, -0.25) is 14.6 Å². The molecule has 0 radical (unpaired) electrons. The van der Waals surface area contributed by atoms with Gasteiger partial charge < -0.3 is 30.3 Å². The maximum Gasteiger partial charge on any atom is 0.317 e. The second kappa shape index (κ2) is 13.6. The molecule has 216 valence electrons. The Morgan fingerprint density at radius 1 is 1.18 bits per heavy atom. The monoisotopic (exact) mass is 551 g/mol. The molecule has 1 aliphatic carbocycles. The molecule has 10 nitrogen and oxygen atoms in total. The second-order valence-electron chi connectivity index (χ2n) is 11.1. The Labute approximate surface area is 236 Å². The summed E-state index contributed by atoms with van der Waals surface area (Å²) >= 11 is 0. The first-order valence-corrected chi connectivity index (χ1v) is 14.2. The zero-order valence-electron chi connectivity index (χ0n) is 23.6. The van der Waals surface area contributed by atoms with Gasteiger partial charge in [0.25, 0.3) is 5.91 Å². The topological polar surface area (TPSA) is 124 Å². The summed E-state index contributed by atoms with van der Waals surface area (Å²) < 4.78 is 6.51. The number of carbonyl (C=O) groups excluding carboxylic acids is 3. The number of aliphatic hydroxyl groups is 1. The van der Waals surface area contributed by atoms with Crippen molar-refractivity contribution in [3.05, 3.63) is 53.9 Å². The van der Waals surface area contributed by atoms with Crippen molar-refractivity contribution in [3.63, 3.8) is 0 Å². The fourth-order valence-electron chi connectivity index (χ4n) is 5.32. The minimum Gasteiger partial charge on any atom is -0.488 e. The first-order valence-electron chi connectivity index (χ1n) is 14.2. The van der Waals surface area contributed by atoms with E-state index in [0.717, 1.165) is 25.7 Å². The largest absolute Gasteiger partial charge is 0.488 e. The fraction of sp³-hybridized carbons (Fsp3) is 0.533. The number of carbonyl (C=O) groups is 3. The highest BCUT2D eigenvalue weighted by Crippen LogP contribution is 2.29. The van der Waals surface area contributed by atoms with Gasteiger partial charge in [0.2, 0.25) is 5.91 Å². The number of amides is 4. The molecule has 1 aromatic heterocycles. The lowest BCUT2D eigenvalue weighted by Crippen LogP contribution is -2.50. The summed E-state index contributed by atoms with van der Waals surface area (Å²) in [5, 5.41) is 15.9. The number of benzene rings is 1. The van der Waals surface area contributed by atoms with E-state index >= 15 is 0 Å². The van der Waals surface area contributed by atoms with Gasteiger partial charge in [-0.15, -0.1) is 0 Å². The Bertz CT molecular complexity index is 1170. The smallest absolute Gasteiger partial charge is 0.317 e. The Hall–Kier alpha value is -3.66. The molecule has 3 atom stereocenters. The average Bonchev–Trinajstić information content (AvgIpc) is 3.01. The molecule has 1 fully saturated rings. The summed E-state index contributed by atoms with van der Waals surface area (Å²) in [4.78, 5) is 46.4. The van der Waals surface area contributed by atoms with Gasteiger partial charge in [0.05, 0.1) is 25.6 Å². The van der Waals surface area contributed by atoms with Crippen LogP contribution in [0.25, 0.3) is 0 Å². The van der Waals surface area contributed by atoms with Crippen LogP contribution in [0.2, 0.25) is 0 Å².